The molecule has 0 spiro atoms. The average molecular weight is 315 g/mol. The van der Waals surface area contributed by atoms with E-state index in [2.05, 4.69) is 6.92 Å². The van der Waals surface area contributed by atoms with Crippen molar-refractivity contribution in [2.75, 3.05) is 6.54 Å². The maximum atomic E-state index is 12.6. The number of benzene rings is 1. The summed E-state index contributed by atoms with van der Waals surface area (Å²) in [5.74, 6) is -0.134. The topological polar surface area (TPSA) is 37.4 Å². The van der Waals surface area contributed by atoms with Crippen LogP contribution in [-0.4, -0.2) is 22.6 Å². The van der Waals surface area contributed by atoms with Crippen molar-refractivity contribution in [3.8, 4) is 0 Å². The zero-order valence-corrected chi connectivity index (χ0v) is 13.7. The van der Waals surface area contributed by atoms with Crippen molar-refractivity contribution >= 4 is 29.0 Å². The normalized spacial score (nSPS) is 23.3. The van der Waals surface area contributed by atoms with E-state index in [1.54, 1.807) is 0 Å². The number of hydrogen-bond acceptors (Lipinski definition) is 3. The van der Waals surface area contributed by atoms with Crippen molar-refractivity contribution in [2.24, 2.45) is 5.41 Å². The molecule has 1 heterocycles. The van der Waals surface area contributed by atoms with Crippen LogP contribution in [0.3, 0.4) is 0 Å². The van der Waals surface area contributed by atoms with Gasteiger partial charge in [-0.1, -0.05) is 56.5 Å². The first kappa shape index (κ1) is 15.3. The summed E-state index contributed by atoms with van der Waals surface area (Å²) in [5, 5.41) is -0.126. The van der Waals surface area contributed by atoms with E-state index in [4.69, 9.17) is 0 Å². The molecule has 1 aliphatic heterocycles. The standard InChI is InChI=1S/C18H21NO2S/c1-18(10-6-3-7-11-18)13-19-16(20)15(22-17(19)21)12-14-8-4-2-5-9-14/h2,4-5,8-9,12H,3,6-7,10-11,13H2,1H3/b15-12+. The van der Waals surface area contributed by atoms with Gasteiger partial charge in [-0.05, 0) is 41.7 Å². The Kier molecular flexibility index (Phi) is 4.39. The molecule has 22 heavy (non-hydrogen) atoms. The van der Waals surface area contributed by atoms with Gasteiger partial charge in [-0.15, -0.1) is 0 Å². The number of imide groups is 1. The maximum Gasteiger partial charge on any atom is 0.293 e. The van der Waals surface area contributed by atoms with Gasteiger partial charge in [0.05, 0.1) is 4.91 Å². The SMILES string of the molecule is CC1(CN2C(=O)S/C(=C/c3ccccc3)C2=O)CCCCC1. The smallest absolute Gasteiger partial charge is 0.268 e. The fourth-order valence-electron chi connectivity index (χ4n) is 3.28. The van der Waals surface area contributed by atoms with Gasteiger partial charge in [0.15, 0.2) is 0 Å². The number of rotatable bonds is 3. The van der Waals surface area contributed by atoms with E-state index in [-0.39, 0.29) is 16.6 Å². The van der Waals surface area contributed by atoms with Crippen LogP contribution in [0, 0.1) is 5.41 Å². The van der Waals surface area contributed by atoms with Crippen LogP contribution in [0.25, 0.3) is 6.08 Å². The van der Waals surface area contributed by atoms with Crippen LogP contribution in [0.2, 0.25) is 0 Å². The third-order valence-corrected chi connectivity index (χ3v) is 5.48. The highest BCUT2D eigenvalue weighted by molar-refractivity contribution is 8.18. The Hall–Kier alpha value is -1.55. The minimum Gasteiger partial charge on any atom is -0.268 e. The molecule has 0 atom stereocenters. The van der Waals surface area contributed by atoms with Crippen LogP contribution in [0.15, 0.2) is 35.2 Å². The highest BCUT2D eigenvalue weighted by atomic mass is 32.2. The first-order valence-corrected chi connectivity index (χ1v) is 8.70. The van der Waals surface area contributed by atoms with Gasteiger partial charge in [0.1, 0.15) is 0 Å². The van der Waals surface area contributed by atoms with Crippen LogP contribution >= 0.6 is 11.8 Å². The molecular formula is C18H21NO2S. The van der Waals surface area contributed by atoms with Gasteiger partial charge in [-0.25, -0.2) is 0 Å². The van der Waals surface area contributed by atoms with Gasteiger partial charge in [0.25, 0.3) is 11.1 Å². The average Bonchev–Trinajstić information content (AvgIpc) is 2.76. The number of amides is 2. The molecule has 0 radical (unpaired) electrons. The number of carbonyl (C=O) groups excluding carboxylic acids is 2. The lowest BCUT2D eigenvalue weighted by atomic mass is 9.75. The molecule has 3 rings (SSSR count). The molecule has 2 amide bonds. The number of hydrogen-bond donors (Lipinski definition) is 0. The van der Waals surface area contributed by atoms with Crippen LogP contribution in [0.1, 0.15) is 44.6 Å². The molecule has 0 unspecified atom stereocenters. The predicted octanol–water partition coefficient (Wildman–Crippen LogP) is 4.69. The van der Waals surface area contributed by atoms with Gasteiger partial charge in [0.2, 0.25) is 0 Å². The lowest BCUT2D eigenvalue weighted by Crippen LogP contribution is -2.39. The minimum absolute atomic E-state index is 0.0896. The first-order valence-electron chi connectivity index (χ1n) is 7.88. The molecule has 0 bridgehead atoms. The molecule has 116 valence electrons. The number of thioether (sulfide) groups is 1. The largest absolute Gasteiger partial charge is 0.293 e. The number of carbonyl (C=O) groups is 2. The van der Waals surface area contributed by atoms with Gasteiger partial charge in [-0.2, -0.15) is 0 Å². The van der Waals surface area contributed by atoms with Crippen molar-refractivity contribution in [1.82, 2.24) is 4.90 Å². The monoisotopic (exact) mass is 315 g/mol. The molecule has 1 aromatic rings. The van der Waals surface area contributed by atoms with Crippen molar-refractivity contribution < 1.29 is 9.59 Å². The number of nitrogens with zero attached hydrogens (tertiary/aromatic N) is 1. The Balaban J connectivity index is 1.76. The molecule has 2 aliphatic rings. The summed E-state index contributed by atoms with van der Waals surface area (Å²) in [6.45, 7) is 2.76. The van der Waals surface area contributed by atoms with Crippen molar-refractivity contribution in [3.05, 3.63) is 40.8 Å². The Labute approximate surface area is 135 Å². The maximum absolute atomic E-state index is 12.6. The van der Waals surface area contributed by atoms with E-state index < -0.39 is 0 Å². The molecule has 4 heteroatoms. The zero-order chi connectivity index (χ0) is 15.6. The zero-order valence-electron chi connectivity index (χ0n) is 12.9. The highest BCUT2D eigenvalue weighted by Gasteiger charge is 2.40. The molecule has 2 fully saturated rings. The predicted molar refractivity (Wildman–Crippen MR) is 90.3 cm³/mol. The summed E-state index contributed by atoms with van der Waals surface area (Å²) < 4.78 is 0. The Morgan fingerprint density at radius 3 is 2.50 bits per heavy atom. The Morgan fingerprint density at radius 1 is 1.14 bits per heavy atom. The molecular weight excluding hydrogens is 294 g/mol. The van der Waals surface area contributed by atoms with Crippen LogP contribution < -0.4 is 0 Å². The molecule has 0 aromatic heterocycles. The lowest BCUT2D eigenvalue weighted by molar-refractivity contribution is -0.124. The summed E-state index contributed by atoms with van der Waals surface area (Å²) >= 11 is 1.06. The molecule has 1 aromatic carbocycles. The first-order chi connectivity index (χ1) is 10.6. The van der Waals surface area contributed by atoms with Crippen LogP contribution in [0.5, 0.6) is 0 Å². The summed E-state index contributed by atoms with van der Waals surface area (Å²) in [5.41, 5.74) is 1.05. The van der Waals surface area contributed by atoms with Crippen molar-refractivity contribution in [2.45, 2.75) is 39.0 Å². The quantitative estimate of drug-likeness (QED) is 0.759. The van der Waals surface area contributed by atoms with Gasteiger partial charge in [0, 0.05) is 6.54 Å². The van der Waals surface area contributed by atoms with E-state index in [9.17, 15) is 9.59 Å². The molecule has 3 nitrogen and oxygen atoms in total. The van der Waals surface area contributed by atoms with E-state index in [1.807, 2.05) is 36.4 Å². The minimum atomic E-state index is -0.134. The second kappa shape index (κ2) is 6.29. The summed E-state index contributed by atoms with van der Waals surface area (Å²) in [6, 6.07) is 9.68. The van der Waals surface area contributed by atoms with Crippen molar-refractivity contribution in [3.63, 3.8) is 0 Å². The molecule has 1 aliphatic carbocycles. The Bertz CT molecular complexity index is 603. The van der Waals surface area contributed by atoms with E-state index >= 15 is 0 Å². The Morgan fingerprint density at radius 2 is 1.82 bits per heavy atom. The van der Waals surface area contributed by atoms with E-state index in [0.29, 0.717) is 11.4 Å². The van der Waals surface area contributed by atoms with Gasteiger partial charge < -0.3 is 0 Å². The molecule has 1 saturated heterocycles. The van der Waals surface area contributed by atoms with E-state index in [1.165, 1.54) is 24.2 Å². The lowest BCUT2D eigenvalue weighted by Gasteiger charge is -2.35. The second-order valence-electron chi connectivity index (χ2n) is 6.55. The summed E-state index contributed by atoms with van der Waals surface area (Å²) in [6.07, 6.45) is 7.69. The molecule has 0 N–H and O–H groups in total. The van der Waals surface area contributed by atoms with Crippen LogP contribution in [0.4, 0.5) is 4.79 Å². The van der Waals surface area contributed by atoms with Crippen molar-refractivity contribution in [1.29, 1.82) is 0 Å². The van der Waals surface area contributed by atoms with Crippen LogP contribution in [-0.2, 0) is 4.79 Å². The third kappa shape index (κ3) is 3.27. The summed E-state index contributed by atoms with van der Waals surface area (Å²) in [4.78, 5) is 26.8. The summed E-state index contributed by atoms with van der Waals surface area (Å²) in [7, 11) is 0. The second-order valence-corrected chi connectivity index (χ2v) is 7.54. The fraction of sp³-hybridized carbons (Fsp3) is 0.444. The van der Waals surface area contributed by atoms with E-state index in [0.717, 1.165) is 30.2 Å². The highest BCUT2D eigenvalue weighted by Crippen LogP contribution is 2.40. The van der Waals surface area contributed by atoms with Gasteiger partial charge in [-0.3, -0.25) is 14.5 Å². The molecule has 1 saturated carbocycles. The third-order valence-electron chi connectivity index (χ3n) is 4.57. The fourth-order valence-corrected chi connectivity index (χ4v) is 4.12. The van der Waals surface area contributed by atoms with Gasteiger partial charge >= 0.3 is 0 Å².